The van der Waals surface area contributed by atoms with Crippen molar-refractivity contribution in [1.29, 1.82) is 0 Å². The molecule has 0 aliphatic carbocycles. The van der Waals surface area contributed by atoms with E-state index in [1.807, 2.05) is 30.3 Å². The molecule has 0 spiro atoms. The number of benzene rings is 2. The number of alkyl halides is 2. The maximum Gasteiger partial charge on any atom is 0.407 e. The average Bonchev–Trinajstić information content (AvgIpc) is 2.91. The Balaban J connectivity index is 2.05. The molecule has 2 amide bonds. The molecule has 0 radical (unpaired) electrons. The van der Waals surface area contributed by atoms with Gasteiger partial charge in [0.05, 0.1) is 32.3 Å². The first-order valence-corrected chi connectivity index (χ1v) is 13.5. The van der Waals surface area contributed by atoms with E-state index in [9.17, 15) is 14.7 Å². The molecule has 3 N–H and O–H groups in total. The molecule has 2 atom stereocenters. The standard InChI is InChI=1S/C27H37Cl2N3O6/c1-3-4-8-16-32(38-22-13-11-21(36-2)12-14-22)19-24(33)23(18-20-9-6-5-7-10-20)31-27(35)37-17-15-30-26(34)25(28)29/h5-7,9-14,23-25,33H,3-4,8,15-19H2,1-2H3,(H,30,34)(H,31,35). The lowest BCUT2D eigenvalue weighted by molar-refractivity contribution is -0.119. The quantitative estimate of drug-likeness (QED) is 0.149. The third kappa shape index (κ3) is 12.2. The van der Waals surface area contributed by atoms with Crippen molar-refractivity contribution < 1.29 is 29.0 Å². The number of ether oxygens (including phenoxy) is 2. The number of carbonyl (C=O) groups excluding carboxylic acids is 2. The molecule has 0 bridgehead atoms. The summed E-state index contributed by atoms with van der Waals surface area (Å²) >= 11 is 11.0. The molecule has 210 valence electrons. The maximum absolute atomic E-state index is 12.5. The lowest BCUT2D eigenvalue weighted by atomic mass is 10.0. The van der Waals surface area contributed by atoms with E-state index >= 15 is 0 Å². The number of alkyl carbamates (subject to hydrolysis) is 1. The predicted octanol–water partition coefficient (Wildman–Crippen LogP) is 4.10. The number of aliphatic hydroxyl groups excluding tert-OH is 1. The van der Waals surface area contributed by atoms with Crippen LogP contribution in [-0.4, -0.2) is 72.5 Å². The van der Waals surface area contributed by atoms with E-state index in [0.717, 1.165) is 24.8 Å². The zero-order chi connectivity index (χ0) is 27.8. The van der Waals surface area contributed by atoms with E-state index in [4.69, 9.17) is 37.5 Å². The molecule has 38 heavy (non-hydrogen) atoms. The Bertz CT molecular complexity index is 950. The van der Waals surface area contributed by atoms with Crippen molar-refractivity contribution in [2.24, 2.45) is 0 Å². The van der Waals surface area contributed by atoms with Crippen LogP contribution in [-0.2, 0) is 16.0 Å². The summed E-state index contributed by atoms with van der Waals surface area (Å²) in [6.45, 7) is 2.83. The Morgan fingerprint density at radius 3 is 2.34 bits per heavy atom. The number of nitrogens with zero attached hydrogens (tertiary/aromatic N) is 1. The molecule has 0 aliphatic heterocycles. The van der Waals surface area contributed by atoms with Crippen LogP contribution < -0.4 is 20.2 Å². The molecule has 0 saturated carbocycles. The van der Waals surface area contributed by atoms with Crippen LogP contribution in [0.4, 0.5) is 4.79 Å². The van der Waals surface area contributed by atoms with Crippen molar-refractivity contribution in [2.45, 2.75) is 49.6 Å². The minimum absolute atomic E-state index is 0.0506. The topological polar surface area (TPSA) is 109 Å². The van der Waals surface area contributed by atoms with E-state index in [1.165, 1.54) is 0 Å². The first-order chi connectivity index (χ1) is 18.3. The highest BCUT2D eigenvalue weighted by Crippen LogP contribution is 2.19. The van der Waals surface area contributed by atoms with E-state index in [0.29, 0.717) is 24.5 Å². The van der Waals surface area contributed by atoms with Gasteiger partial charge in [0.25, 0.3) is 5.91 Å². The molecule has 0 aliphatic rings. The van der Waals surface area contributed by atoms with Crippen LogP contribution in [0.3, 0.4) is 0 Å². The number of unbranched alkanes of at least 4 members (excludes halogenated alkanes) is 2. The van der Waals surface area contributed by atoms with E-state index in [1.54, 1.807) is 36.4 Å². The lowest BCUT2D eigenvalue weighted by Gasteiger charge is -2.29. The number of methoxy groups -OCH3 is 1. The van der Waals surface area contributed by atoms with Crippen LogP contribution in [0.1, 0.15) is 31.7 Å². The minimum Gasteiger partial charge on any atom is -0.497 e. The number of halogens is 2. The van der Waals surface area contributed by atoms with Gasteiger partial charge in [-0.05, 0) is 42.7 Å². The normalized spacial score (nSPS) is 12.6. The van der Waals surface area contributed by atoms with E-state index in [2.05, 4.69) is 17.6 Å². The Morgan fingerprint density at radius 2 is 1.71 bits per heavy atom. The van der Waals surface area contributed by atoms with Gasteiger partial charge in [-0.3, -0.25) is 4.79 Å². The number of carbonyl (C=O) groups is 2. The number of nitrogens with one attached hydrogen (secondary N) is 2. The fourth-order valence-electron chi connectivity index (χ4n) is 3.57. The fraction of sp³-hybridized carbons (Fsp3) is 0.481. The summed E-state index contributed by atoms with van der Waals surface area (Å²) in [7, 11) is 1.60. The summed E-state index contributed by atoms with van der Waals surface area (Å²) in [5, 5.41) is 18.1. The second-order valence-electron chi connectivity index (χ2n) is 8.60. The molecule has 9 nitrogen and oxygen atoms in total. The van der Waals surface area contributed by atoms with Gasteiger partial charge in [0.2, 0.25) is 0 Å². The highest BCUT2D eigenvalue weighted by molar-refractivity contribution is 6.53. The van der Waals surface area contributed by atoms with Crippen LogP contribution in [0.25, 0.3) is 0 Å². The molecule has 11 heteroatoms. The number of aliphatic hydroxyl groups is 1. The van der Waals surface area contributed by atoms with Crippen LogP contribution >= 0.6 is 23.2 Å². The van der Waals surface area contributed by atoms with Crippen molar-refractivity contribution >= 4 is 35.2 Å². The second kappa shape index (κ2) is 17.7. The third-order valence-corrected chi connectivity index (χ3v) is 5.99. The van der Waals surface area contributed by atoms with Gasteiger partial charge in [-0.2, -0.15) is 0 Å². The summed E-state index contributed by atoms with van der Waals surface area (Å²) in [6.07, 6.45) is 1.62. The van der Waals surface area contributed by atoms with Gasteiger partial charge in [0.15, 0.2) is 4.84 Å². The van der Waals surface area contributed by atoms with Crippen LogP contribution in [0.2, 0.25) is 0 Å². The Kier molecular flexibility index (Phi) is 14.7. The molecular weight excluding hydrogens is 533 g/mol. The van der Waals surface area contributed by atoms with Gasteiger partial charge in [-0.1, -0.05) is 73.3 Å². The molecule has 2 unspecified atom stereocenters. The summed E-state index contributed by atoms with van der Waals surface area (Å²) in [5.74, 6) is 0.750. The van der Waals surface area contributed by atoms with Crippen LogP contribution in [0.5, 0.6) is 11.5 Å². The predicted molar refractivity (Wildman–Crippen MR) is 148 cm³/mol. The van der Waals surface area contributed by atoms with Gasteiger partial charge < -0.3 is 30.1 Å². The fourth-order valence-corrected chi connectivity index (χ4v) is 3.73. The first-order valence-electron chi connectivity index (χ1n) is 12.6. The smallest absolute Gasteiger partial charge is 0.407 e. The van der Waals surface area contributed by atoms with Gasteiger partial charge >= 0.3 is 6.09 Å². The molecule has 2 aromatic carbocycles. The molecule has 0 saturated heterocycles. The molecule has 0 aromatic heterocycles. The first kappa shape index (κ1) is 31.5. The zero-order valence-corrected chi connectivity index (χ0v) is 23.3. The highest BCUT2D eigenvalue weighted by atomic mass is 35.5. The number of rotatable bonds is 17. The second-order valence-corrected chi connectivity index (χ2v) is 9.69. The molecule has 2 rings (SSSR count). The molecule has 0 heterocycles. The Hall–Kier alpha value is -2.72. The summed E-state index contributed by atoms with van der Waals surface area (Å²) < 4.78 is 10.4. The number of hydroxylamine groups is 2. The number of hydrogen-bond acceptors (Lipinski definition) is 7. The van der Waals surface area contributed by atoms with Gasteiger partial charge in [-0.25, -0.2) is 4.79 Å². The zero-order valence-electron chi connectivity index (χ0n) is 21.8. The number of hydrogen-bond donors (Lipinski definition) is 3. The van der Waals surface area contributed by atoms with Crippen LogP contribution in [0, 0.1) is 0 Å². The lowest BCUT2D eigenvalue weighted by Crippen LogP contribution is -2.50. The Morgan fingerprint density at radius 1 is 1.03 bits per heavy atom. The van der Waals surface area contributed by atoms with Crippen molar-refractivity contribution in [3.05, 3.63) is 60.2 Å². The van der Waals surface area contributed by atoms with E-state index in [-0.39, 0.29) is 19.7 Å². The van der Waals surface area contributed by atoms with Gasteiger partial charge in [0, 0.05) is 6.54 Å². The van der Waals surface area contributed by atoms with Crippen molar-refractivity contribution in [1.82, 2.24) is 15.7 Å². The van der Waals surface area contributed by atoms with Crippen molar-refractivity contribution in [3.63, 3.8) is 0 Å². The Labute approximate surface area is 234 Å². The molecule has 0 fully saturated rings. The van der Waals surface area contributed by atoms with Gasteiger partial charge in [-0.15, -0.1) is 5.06 Å². The molecular formula is C27H37Cl2N3O6. The van der Waals surface area contributed by atoms with Gasteiger partial charge in [0.1, 0.15) is 18.1 Å². The summed E-state index contributed by atoms with van der Waals surface area (Å²) in [6, 6.07) is 16.1. The van der Waals surface area contributed by atoms with E-state index < -0.39 is 29.0 Å². The maximum atomic E-state index is 12.5. The number of amides is 2. The average molecular weight is 571 g/mol. The van der Waals surface area contributed by atoms with Crippen molar-refractivity contribution in [3.8, 4) is 11.5 Å². The van der Waals surface area contributed by atoms with Crippen LogP contribution in [0.15, 0.2) is 54.6 Å². The largest absolute Gasteiger partial charge is 0.497 e. The highest BCUT2D eigenvalue weighted by Gasteiger charge is 2.26. The van der Waals surface area contributed by atoms with Crippen molar-refractivity contribution in [2.75, 3.05) is 33.4 Å². The summed E-state index contributed by atoms with van der Waals surface area (Å²) in [4.78, 5) is 28.8. The monoisotopic (exact) mass is 569 g/mol. The third-order valence-electron chi connectivity index (χ3n) is 5.59. The SMILES string of the molecule is CCCCCN(CC(O)C(Cc1ccccc1)NC(=O)OCCNC(=O)C(Cl)Cl)Oc1ccc(OC)cc1. The summed E-state index contributed by atoms with van der Waals surface area (Å²) in [5.41, 5.74) is 0.938. The molecule has 2 aromatic rings. The minimum atomic E-state index is -1.20.